The first-order valence-electron chi connectivity index (χ1n) is 5.16. The van der Waals surface area contributed by atoms with Crippen molar-refractivity contribution >= 4 is 19.7 Å². The predicted octanol–water partition coefficient (Wildman–Crippen LogP) is 1.98. The van der Waals surface area contributed by atoms with Crippen LogP contribution >= 0.6 is 10.7 Å². The Morgan fingerprint density at radius 3 is 1.89 bits per heavy atom. The predicted molar refractivity (Wildman–Crippen MR) is 69.2 cm³/mol. The second-order valence-corrected chi connectivity index (χ2v) is 6.40. The molecule has 100 valence electrons. The van der Waals surface area contributed by atoms with Crippen molar-refractivity contribution in [1.29, 1.82) is 0 Å². The Hall–Kier alpha value is -1.34. The molecule has 2 aromatic heterocycles. The first-order chi connectivity index (χ1) is 8.21. The zero-order valence-electron chi connectivity index (χ0n) is 10.6. The van der Waals surface area contributed by atoms with Gasteiger partial charge in [0.1, 0.15) is 4.90 Å². The van der Waals surface area contributed by atoms with Crippen molar-refractivity contribution in [2.45, 2.75) is 32.6 Å². The van der Waals surface area contributed by atoms with Gasteiger partial charge in [-0.1, -0.05) is 0 Å². The van der Waals surface area contributed by atoms with Gasteiger partial charge < -0.3 is 0 Å². The molecule has 2 N–H and O–H groups in total. The van der Waals surface area contributed by atoms with Gasteiger partial charge in [-0.05, 0) is 33.8 Å². The quantitative estimate of drug-likeness (QED) is 0.786. The Labute approximate surface area is 110 Å². The van der Waals surface area contributed by atoms with Gasteiger partial charge in [0, 0.05) is 16.4 Å². The number of rotatable bonds is 1. The van der Waals surface area contributed by atoms with Crippen molar-refractivity contribution in [3.05, 3.63) is 28.8 Å². The monoisotopic (exact) mass is 290 g/mol. The molecule has 2 rings (SSSR count). The fourth-order valence-electron chi connectivity index (χ4n) is 1.45. The van der Waals surface area contributed by atoms with Gasteiger partial charge in [0.2, 0.25) is 0 Å². The van der Waals surface area contributed by atoms with Gasteiger partial charge in [0.05, 0.1) is 17.1 Å². The fourth-order valence-corrected chi connectivity index (χ4v) is 2.95. The maximum absolute atomic E-state index is 10.8. The smallest absolute Gasteiger partial charge is 0.264 e. The SMILES string of the molecule is Cc1cc(C)[nH]n1.Cc1n[nH]c(C)c1S(=O)(=O)Cl. The first-order valence-corrected chi connectivity index (χ1v) is 7.47. The molecule has 0 spiro atoms. The third-order valence-electron chi connectivity index (χ3n) is 2.14. The highest BCUT2D eigenvalue weighted by molar-refractivity contribution is 8.13. The third-order valence-corrected chi connectivity index (χ3v) is 3.69. The number of hydrogen-bond donors (Lipinski definition) is 2. The normalized spacial score (nSPS) is 10.9. The van der Waals surface area contributed by atoms with Crippen LogP contribution in [0.3, 0.4) is 0 Å². The van der Waals surface area contributed by atoms with Crippen molar-refractivity contribution in [1.82, 2.24) is 20.4 Å². The highest BCUT2D eigenvalue weighted by atomic mass is 35.7. The minimum absolute atomic E-state index is 0.0826. The summed E-state index contributed by atoms with van der Waals surface area (Å²) in [4.78, 5) is 0.0826. The minimum atomic E-state index is -3.64. The average molecular weight is 291 g/mol. The number of nitrogens with one attached hydrogen (secondary N) is 2. The molecule has 0 radical (unpaired) electrons. The largest absolute Gasteiger partial charge is 0.283 e. The van der Waals surface area contributed by atoms with Crippen LogP contribution in [0.5, 0.6) is 0 Å². The van der Waals surface area contributed by atoms with Gasteiger partial charge in [0.15, 0.2) is 0 Å². The van der Waals surface area contributed by atoms with E-state index in [1.54, 1.807) is 13.8 Å². The van der Waals surface area contributed by atoms with Crippen LogP contribution in [0.25, 0.3) is 0 Å². The number of aryl methyl sites for hydroxylation is 4. The Morgan fingerprint density at radius 1 is 1.11 bits per heavy atom. The molecule has 2 heterocycles. The van der Waals surface area contributed by atoms with Crippen LogP contribution in [0, 0.1) is 27.7 Å². The van der Waals surface area contributed by atoms with Crippen molar-refractivity contribution < 1.29 is 8.42 Å². The summed E-state index contributed by atoms with van der Waals surface area (Å²) < 4.78 is 21.7. The van der Waals surface area contributed by atoms with E-state index in [0.717, 1.165) is 11.4 Å². The lowest BCUT2D eigenvalue weighted by molar-refractivity contribution is 0.608. The summed E-state index contributed by atoms with van der Waals surface area (Å²) >= 11 is 0. The Morgan fingerprint density at radius 2 is 1.72 bits per heavy atom. The first kappa shape index (κ1) is 14.7. The highest BCUT2D eigenvalue weighted by Crippen LogP contribution is 2.20. The number of H-pyrrole nitrogens is 2. The summed E-state index contributed by atoms with van der Waals surface area (Å²) in [5.74, 6) is 0. The molecule has 0 unspecified atom stereocenters. The van der Waals surface area contributed by atoms with E-state index < -0.39 is 9.05 Å². The van der Waals surface area contributed by atoms with E-state index in [9.17, 15) is 8.42 Å². The van der Waals surface area contributed by atoms with E-state index >= 15 is 0 Å². The van der Waals surface area contributed by atoms with Crippen LogP contribution in [-0.2, 0) is 9.05 Å². The van der Waals surface area contributed by atoms with Crippen molar-refractivity contribution in [2.75, 3.05) is 0 Å². The molecule has 0 amide bonds. The van der Waals surface area contributed by atoms with Crippen LogP contribution < -0.4 is 0 Å². The van der Waals surface area contributed by atoms with Crippen LogP contribution in [0.4, 0.5) is 0 Å². The number of nitrogens with zero attached hydrogens (tertiary/aromatic N) is 2. The van der Waals surface area contributed by atoms with E-state index in [0.29, 0.717) is 11.4 Å². The molecule has 0 bridgehead atoms. The summed E-state index contributed by atoms with van der Waals surface area (Å²) in [6, 6.07) is 2.00. The van der Waals surface area contributed by atoms with Gasteiger partial charge in [-0.15, -0.1) is 0 Å². The molecule has 0 aliphatic rings. The summed E-state index contributed by atoms with van der Waals surface area (Å²) in [5, 5.41) is 12.9. The van der Waals surface area contributed by atoms with Gasteiger partial charge in [-0.2, -0.15) is 10.2 Å². The zero-order chi connectivity index (χ0) is 13.9. The summed E-state index contributed by atoms with van der Waals surface area (Å²) in [5.41, 5.74) is 3.05. The summed E-state index contributed by atoms with van der Waals surface area (Å²) in [6.45, 7) is 7.14. The van der Waals surface area contributed by atoms with Crippen molar-refractivity contribution in [2.24, 2.45) is 0 Å². The topological polar surface area (TPSA) is 91.5 Å². The minimum Gasteiger partial charge on any atom is -0.283 e. The molecule has 8 heteroatoms. The molecule has 0 saturated heterocycles. The second-order valence-electron chi connectivity index (χ2n) is 3.89. The fraction of sp³-hybridized carbons (Fsp3) is 0.400. The molecule has 0 saturated carbocycles. The lowest BCUT2D eigenvalue weighted by Crippen LogP contribution is -1.93. The molecule has 6 nitrogen and oxygen atoms in total. The van der Waals surface area contributed by atoms with Gasteiger partial charge in [0.25, 0.3) is 9.05 Å². The maximum Gasteiger partial charge on any atom is 0.264 e. The summed E-state index contributed by atoms with van der Waals surface area (Å²) in [7, 11) is 1.48. The Balaban J connectivity index is 0.000000199. The van der Waals surface area contributed by atoms with E-state index in [-0.39, 0.29) is 4.90 Å². The molecule has 0 fully saturated rings. The van der Waals surface area contributed by atoms with Crippen LogP contribution in [0.2, 0.25) is 0 Å². The lowest BCUT2D eigenvalue weighted by atomic mass is 10.4. The Bertz CT molecular complexity index is 594. The number of halogens is 1. The van der Waals surface area contributed by atoms with Crippen molar-refractivity contribution in [3.8, 4) is 0 Å². The number of aromatic nitrogens is 4. The third kappa shape index (κ3) is 3.85. The average Bonchev–Trinajstić information content (AvgIpc) is 2.73. The molecule has 0 aliphatic heterocycles. The van der Waals surface area contributed by atoms with E-state index in [4.69, 9.17) is 10.7 Å². The van der Waals surface area contributed by atoms with E-state index in [1.165, 1.54) is 0 Å². The van der Waals surface area contributed by atoms with Crippen LogP contribution in [0.15, 0.2) is 11.0 Å². The molecular weight excluding hydrogens is 276 g/mol. The van der Waals surface area contributed by atoms with Gasteiger partial charge in [-0.25, -0.2) is 8.42 Å². The van der Waals surface area contributed by atoms with Gasteiger partial charge >= 0.3 is 0 Å². The van der Waals surface area contributed by atoms with E-state index in [2.05, 4.69) is 20.4 Å². The zero-order valence-corrected chi connectivity index (χ0v) is 12.1. The molecular formula is C10H15ClN4O2S. The standard InChI is InChI=1S/C5H7ClN2O2S.C5H8N2/c1-3-5(11(6,9)10)4(2)8-7-3;1-4-3-5(2)7-6-4/h1-2H3,(H,7,8);3H,1-2H3,(H,6,7). The van der Waals surface area contributed by atoms with Crippen LogP contribution in [-0.4, -0.2) is 28.8 Å². The molecule has 0 aliphatic carbocycles. The second kappa shape index (κ2) is 5.53. The Kier molecular flexibility index (Phi) is 4.53. The number of aromatic amines is 2. The molecule has 18 heavy (non-hydrogen) atoms. The van der Waals surface area contributed by atoms with Crippen molar-refractivity contribution in [3.63, 3.8) is 0 Å². The molecule has 0 atom stereocenters. The highest BCUT2D eigenvalue weighted by Gasteiger charge is 2.18. The molecule has 0 aromatic carbocycles. The maximum atomic E-state index is 10.8. The van der Waals surface area contributed by atoms with E-state index in [1.807, 2.05) is 19.9 Å². The lowest BCUT2D eigenvalue weighted by Gasteiger charge is -1.92. The molecule has 2 aromatic rings. The summed E-state index contributed by atoms with van der Waals surface area (Å²) in [6.07, 6.45) is 0. The van der Waals surface area contributed by atoms with Gasteiger partial charge in [-0.3, -0.25) is 10.2 Å². The van der Waals surface area contributed by atoms with Crippen LogP contribution in [0.1, 0.15) is 22.8 Å². The number of hydrogen-bond acceptors (Lipinski definition) is 4.